The Balaban J connectivity index is 1.63. The summed E-state index contributed by atoms with van der Waals surface area (Å²) < 4.78 is 11.2. The molecule has 5 nitrogen and oxygen atoms in total. The number of hydrogen-bond acceptors (Lipinski definition) is 4. The molecule has 3 rings (SSSR count). The van der Waals surface area contributed by atoms with Crippen LogP contribution in [0.4, 0.5) is 11.4 Å². The summed E-state index contributed by atoms with van der Waals surface area (Å²) in [5.41, 5.74) is 1.71. The molecule has 23 heavy (non-hydrogen) atoms. The Morgan fingerprint density at radius 1 is 1.09 bits per heavy atom. The molecular formula is C18H20N2O3. The summed E-state index contributed by atoms with van der Waals surface area (Å²) in [4.78, 5) is 14.1. The SMILES string of the molecule is CN(CC(=O)Nc1ccc2c(c1)OCCCO2)c1ccccc1. The Labute approximate surface area is 135 Å². The van der Waals surface area contributed by atoms with Crippen molar-refractivity contribution < 1.29 is 14.3 Å². The molecule has 0 fully saturated rings. The van der Waals surface area contributed by atoms with Crippen molar-refractivity contribution in [3.63, 3.8) is 0 Å². The fraction of sp³-hybridized carbons (Fsp3) is 0.278. The predicted molar refractivity (Wildman–Crippen MR) is 90.4 cm³/mol. The summed E-state index contributed by atoms with van der Waals surface area (Å²) in [6.07, 6.45) is 0.859. The zero-order chi connectivity index (χ0) is 16.1. The summed E-state index contributed by atoms with van der Waals surface area (Å²) in [7, 11) is 1.89. The van der Waals surface area contributed by atoms with Crippen LogP contribution >= 0.6 is 0 Å². The molecule has 0 saturated heterocycles. The number of amides is 1. The highest BCUT2D eigenvalue weighted by atomic mass is 16.5. The van der Waals surface area contributed by atoms with Gasteiger partial charge in [0.05, 0.1) is 19.8 Å². The lowest BCUT2D eigenvalue weighted by Gasteiger charge is -2.18. The van der Waals surface area contributed by atoms with Crippen LogP contribution in [-0.4, -0.2) is 32.7 Å². The second kappa shape index (κ2) is 7.05. The van der Waals surface area contributed by atoms with E-state index in [1.165, 1.54) is 0 Å². The maximum absolute atomic E-state index is 12.2. The average Bonchev–Trinajstić information content (AvgIpc) is 2.80. The van der Waals surface area contributed by atoms with Crippen molar-refractivity contribution in [3.05, 3.63) is 48.5 Å². The molecule has 0 aromatic heterocycles. The van der Waals surface area contributed by atoms with E-state index in [0.717, 1.165) is 17.9 Å². The molecule has 1 aliphatic rings. The Bertz CT molecular complexity index is 673. The Morgan fingerprint density at radius 3 is 2.61 bits per heavy atom. The second-order valence-corrected chi connectivity index (χ2v) is 5.45. The van der Waals surface area contributed by atoms with E-state index in [1.807, 2.05) is 54.4 Å². The molecule has 0 atom stereocenters. The van der Waals surface area contributed by atoms with Crippen molar-refractivity contribution in [1.82, 2.24) is 0 Å². The third-order valence-electron chi connectivity index (χ3n) is 3.61. The largest absolute Gasteiger partial charge is 0.490 e. The summed E-state index contributed by atoms with van der Waals surface area (Å²) >= 11 is 0. The highest BCUT2D eigenvalue weighted by Crippen LogP contribution is 2.32. The van der Waals surface area contributed by atoms with Gasteiger partial charge in [-0.1, -0.05) is 18.2 Å². The van der Waals surface area contributed by atoms with E-state index < -0.39 is 0 Å². The predicted octanol–water partition coefficient (Wildman–Crippen LogP) is 2.92. The van der Waals surface area contributed by atoms with E-state index in [4.69, 9.17) is 9.47 Å². The molecule has 2 aromatic carbocycles. The van der Waals surface area contributed by atoms with Gasteiger partial charge in [-0.3, -0.25) is 4.79 Å². The van der Waals surface area contributed by atoms with Gasteiger partial charge in [-0.05, 0) is 24.3 Å². The van der Waals surface area contributed by atoms with Gasteiger partial charge in [-0.2, -0.15) is 0 Å². The number of carbonyl (C=O) groups excluding carboxylic acids is 1. The van der Waals surface area contributed by atoms with Crippen LogP contribution in [-0.2, 0) is 4.79 Å². The van der Waals surface area contributed by atoms with Crippen molar-refractivity contribution in [2.45, 2.75) is 6.42 Å². The number of nitrogens with one attached hydrogen (secondary N) is 1. The van der Waals surface area contributed by atoms with E-state index in [0.29, 0.717) is 24.7 Å². The molecule has 0 spiro atoms. The molecule has 1 aliphatic heterocycles. The van der Waals surface area contributed by atoms with Crippen LogP contribution in [0, 0.1) is 0 Å². The maximum Gasteiger partial charge on any atom is 0.243 e. The molecule has 2 aromatic rings. The fourth-order valence-corrected chi connectivity index (χ4v) is 2.43. The van der Waals surface area contributed by atoms with Crippen LogP contribution in [0.25, 0.3) is 0 Å². The molecule has 5 heteroatoms. The van der Waals surface area contributed by atoms with E-state index in [1.54, 1.807) is 6.07 Å². The van der Waals surface area contributed by atoms with Gasteiger partial charge in [0.2, 0.25) is 5.91 Å². The minimum absolute atomic E-state index is 0.0779. The minimum Gasteiger partial charge on any atom is -0.490 e. The lowest BCUT2D eigenvalue weighted by Crippen LogP contribution is -2.29. The topological polar surface area (TPSA) is 50.8 Å². The van der Waals surface area contributed by atoms with Gasteiger partial charge in [0.25, 0.3) is 0 Å². The van der Waals surface area contributed by atoms with Crippen molar-refractivity contribution in [2.24, 2.45) is 0 Å². The molecule has 1 N–H and O–H groups in total. The van der Waals surface area contributed by atoms with Crippen molar-refractivity contribution in [2.75, 3.05) is 37.0 Å². The third-order valence-corrected chi connectivity index (χ3v) is 3.61. The van der Waals surface area contributed by atoms with Crippen LogP contribution in [0.5, 0.6) is 11.5 Å². The van der Waals surface area contributed by atoms with E-state index in [9.17, 15) is 4.79 Å². The molecule has 0 radical (unpaired) electrons. The number of fused-ring (bicyclic) bond motifs is 1. The lowest BCUT2D eigenvalue weighted by molar-refractivity contribution is -0.114. The fourth-order valence-electron chi connectivity index (χ4n) is 2.43. The highest BCUT2D eigenvalue weighted by Gasteiger charge is 2.12. The first-order valence-corrected chi connectivity index (χ1v) is 7.68. The number of nitrogens with zero attached hydrogens (tertiary/aromatic N) is 1. The van der Waals surface area contributed by atoms with Crippen molar-refractivity contribution in [1.29, 1.82) is 0 Å². The number of para-hydroxylation sites is 1. The number of benzene rings is 2. The first kappa shape index (κ1) is 15.2. The number of hydrogen-bond donors (Lipinski definition) is 1. The van der Waals surface area contributed by atoms with Crippen LogP contribution in [0.2, 0.25) is 0 Å². The molecule has 0 bridgehead atoms. The standard InChI is InChI=1S/C18H20N2O3/c1-20(15-6-3-2-4-7-15)13-18(21)19-14-8-9-16-17(12-14)23-11-5-10-22-16/h2-4,6-9,12H,5,10-11,13H2,1H3,(H,19,21). The summed E-state index contributed by atoms with van der Waals surface area (Å²) in [5.74, 6) is 1.32. The summed E-state index contributed by atoms with van der Waals surface area (Å²) in [6.45, 7) is 1.56. The second-order valence-electron chi connectivity index (χ2n) is 5.45. The molecule has 1 heterocycles. The van der Waals surface area contributed by atoms with Crippen LogP contribution < -0.4 is 19.7 Å². The summed E-state index contributed by atoms with van der Waals surface area (Å²) in [5, 5.41) is 2.90. The zero-order valence-corrected chi connectivity index (χ0v) is 13.1. The Kier molecular flexibility index (Phi) is 4.66. The highest BCUT2D eigenvalue weighted by molar-refractivity contribution is 5.94. The van der Waals surface area contributed by atoms with E-state index in [-0.39, 0.29) is 12.5 Å². The van der Waals surface area contributed by atoms with Gasteiger partial charge in [0.15, 0.2) is 11.5 Å². The molecule has 0 saturated carbocycles. The normalized spacial score (nSPS) is 13.1. The van der Waals surface area contributed by atoms with Crippen LogP contribution in [0.15, 0.2) is 48.5 Å². The quantitative estimate of drug-likeness (QED) is 0.943. The van der Waals surface area contributed by atoms with E-state index >= 15 is 0 Å². The van der Waals surface area contributed by atoms with Gasteiger partial charge in [-0.25, -0.2) is 0 Å². The number of rotatable bonds is 4. The molecule has 0 unspecified atom stereocenters. The Morgan fingerprint density at radius 2 is 1.83 bits per heavy atom. The smallest absolute Gasteiger partial charge is 0.243 e. The van der Waals surface area contributed by atoms with Gasteiger partial charge in [-0.15, -0.1) is 0 Å². The molecular weight excluding hydrogens is 292 g/mol. The van der Waals surface area contributed by atoms with Crippen LogP contribution in [0.3, 0.4) is 0 Å². The zero-order valence-electron chi connectivity index (χ0n) is 13.1. The van der Waals surface area contributed by atoms with E-state index in [2.05, 4.69) is 5.32 Å². The van der Waals surface area contributed by atoms with Crippen LogP contribution in [0.1, 0.15) is 6.42 Å². The van der Waals surface area contributed by atoms with Crippen molar-refractivity contribution in [3.8, 4) is 11.5 Å². The van der Waals surface area contributed by atoms with Gasteiger partial charge in [0.1, 0.15) is 0 Å². The number of likely N-dealkylation sites (N-methyl/N-ethyl adjacent to an activating group) is 1. The number of ether oxygens (including phenoxy) is 2. The number of anilines is 2. The average molecular weight is 312 g/mol. The van der Waals surface area contributed by atoms with Gasteiger partial charge < -0.3 is 19.7 Å². The van der Waals surface area contributed by atoms with Gasteiger partial charge in [0, 0.05) is 30.9 Å². The van der Waals surface area contributed by atoms with Crippen molar-refractivity contribution >= 4 is 17.3 Å². The monoisotopic (exact) mass is 312 g/mol. The summed E-state index contributed by atoms with van der Waals surface area (Å²) in [6, 6.07) is 15.3. The molecule has 120 valence electrons. The lowest BCUT2D eigenvalue weighted by atomic mass is 10.2. The molecule has 0 aliphatic carbocycles. The van der Waals surface area contributed by atoms with Gasteiger partial charge >= 0.3 is 0 Å². The first-order valence-electron chi connectivity index (χ1n) is 7.68. The number of carbonyl (C=O) groups is 1. The first-order chi connectivity index (χ1) is 11.2. The molecule has 1 amide bonds. The maximum atomic E-state index is 12.2. The minimum atomic E-state index is -0.0779. The third kappa shape index (κ3) is 3.94. The Hall–Kier alpha value is -2.69.